The second kappa shape index (κ2) is 9.05. The van der Waals surface area contributed by atoms with Gasteiger partial charge in [-0.3, -0.25) is 9.59 Å². The summed E-state index contributed by atoms with van der Waals surface area (Å²) >= 11 is 1.56. The highest BCUT2D eigenvalue weighted by Gasteiger charge is 2.05. The van der Waals surface area contributed by atoms with Gasteiger partial charge < -0.3 is 14.8 Å². The van der Waals surface area contributed by atoms with E-state index >= 15 is 0 Å². The molecular formula is C17H19NO4S. The second-order valence-electron chi connectivity index (χ2n) is 5.02. The van der Waals surface area contributed by atoms with Crippen molar-refractivity contribution in [2.45, 2.75) is 25.0 Å². The Bertz CT molecular complexity index is 640. The van der Waals surface area contributed by atoms with Crippen molar-refractivity contribution in [1.82, 2.24) is 0 Å². The molecule has 0 spiro atoms. The van der Waals surface area contributed by atoms with Crippen molar-refractivity contribution in [1.29, 1.82) is 0 Å². The molecule has 0 saturated heterocycles. The number of benzene rings is 1. The number of aryl methyl sites for hydroxylation is 1. The van der Waals surface area contributed by atoms with Crippen molar-refractivity contribution in [2.75, 3.05) is 11.1 Å². The third kappa shape index (κ3) is 6.61. The number of thioether (sulfide) groups is 1. The molecule has 2 N–H and O–H groups in total. The first-order valence-electron chi connectivity index (χ1n) is 7.34. The van der Waals surface area contributed by atoms with E-state index in [4.69, 9.17) is 9.52 Å². The van der Waals surface area contributed by atoms with Crippen LogP contribution in [-0.2, 0) is 21.8 Å². The molecule has 122 valence electrons. The molecule has 2 rings (SSSR count). The van der Waals surface area contributed by atoms with E-state index in [0.29, 0.717) is 18.6 Å². The zero-order valence-electron chi connectivity index (χ0n) is 12.7. The van der Waals surface area contributed by atoms with Crippen LogP contribution < -0.4 is 5.32 Å². The van der Waals surface area contributed by atoms with Gasteiger partial charge in [0.05, 0.1) is 12.7 Å². The molecule has 1 amide bonds. The van der Waals surface area contributed by atoms with Gasteiger partial charge in [-0.05, 0) is 29.8 Å². The number of carbonyl (C=O) groups excluding carboxylic acids is 1. The minimum Gasteiger partial charge on any atom is -0.481 e. The van der Waals surface area contributed by atoms with E-state index in [1.807, 2.05) is 30.3 Å². The summed E-state index contributed by atoms with van der Waals surface area (Å²) in [5.74, 6) is 1.26. The van der Waals surface area contributed by atoms with E-state index in [2.05, 4.69) is 5.32 Å². The van der Waals surface area contributed by atoms with Crippen LogP contribution in [0.3, 0.4) is 0 Å². The molecule has 5 nitrogen and oxygen atoms in total. The van der Waals surface area contributed by atoms with Gasteiger partial charge in [0.25, 0.3) is 0 Å². The first kappa shape index (κ1) is 17.1. The summed E-state index contributed by atoms with van der Waals surface area (Å²) in [5, 5.41) is 11.5. The summed E-state index contributed by atoms with van der Waals surface area (Å²) in [6.45, 7) is 0. The Hall–Kier alpha value is -2.21. The Balaban J connectivity index is 1.77. The van der Waals surface area contributed by atoms with Crippen LogP contribution in [0.25, 0.3) is 0 Å². The number of carbonyl (C=O) groups is 2. The predicted octanol–water partition coefficient (Wildman–Crippen LogP) is 3.56. The lowest BCUT2D eigenvalue weighted by Gasteiger charge is -2.07. The Morgan fingerprint density at radius 2 is 2.04 bits per heavy atom. The van der Waals surface area contributed by atoms with Gasteiger partial charge in [0.15, 0.2) is 0 Å². The fourth-order valence-electron chi connectivity index (χ4n) is 2.00. The fraction of sp³-hybridized carbons (Fsp3) is 0.294. The molecule has 0 atom stereocenters. The quantitative estimate of drug-likeness (QED) is 0.686. The maximum absolute atomic E-state index is 11.9. The number of nitrogens with one attached hydrogen (secondary N) is 1. The zero-order chi connectivity index (χ0) is 16.5. The van der Waals surface area contributed by atoms with E-state index in [1.54, 1.807) is 24.1 Å². The molecule has 0 saturated carbocycles. The molecule has 0 aliphatic rings. The van der Waals surface area contributed by atoms with Crippen LogP contribution in [0, 0.1) is 0 Å². The van der Waals surface area contributed by atoms with Crippen LogP contribution in [0.5, 0.6) is 0 Å². The smallest absolute Gasteiger partial charge is 0.304 e. The summed E-state index contributed by atoms with van der Waals surface area (Å²) in [7, 11) is 0. The van der Waals surface area contributed by atoms with Gasteiger partial charge in [0, 0.05) is 30.0 Å². The number of amides is 1. The zero-order valence-corrected chi connectivity index (χ0v) is 13.5. The molecular weight excluding hydrogens is 314 g/mol. The largest absolute Gasteiger partial charge is 0.481 e. The number of hydrogen-bond donors (Lipinski definition) is 2. The lowest BCUT2D eigenvalue weighted by molar-refractivity contribution is -0.136. The molecule has 0 unspecified atom stereocenters. The van der Waals surface area contributed by atoms with E-state index < -0.39 is 5.97 Å². The van der Waals surface area contributed by atoms with Crippen LogP contribution >= 0.6 is 11.8 Å². The van der Waals surface area contributed by atoms with E-state index in [-0.39, 0.29) is 12.3 Å². The molecule has 1 heterocycles. The number of furan rings is 1. The monoisotopic (exact) mass is 333 g/mol. The molecule has 0 radical (unpaired) electrons. The van der Waals surface area contributed by atoms with Gasteiger partial charge in [-0.1, -0.05) is 12.1 Å². The number of carboxylic acids is 1. The minimum atomic E-state index is -0.782. The lowest BCUT2D eigenvalue weighted by atomic mass is 10.2. The molecule has 23 heavy (non-hydrogen) atoms. The second-order valence-corrected chi connectivity index (χ2v) is 6.13. The minimum absolute atomic E-state index is 0.0583. The number of carboxylic acid groups (broad SMARTS) is 1. The SMILES string of the molecule is O=C(O)CCSCc1cccc(NC(=O)CCc2ccco2)c1. The van der Waals surface area contributed by atoms with Crippen molar-refractivity contribution in [3.05, 3.63) is 54.0 Å². The van der Waals surface area contributed by atoms with Crippen LogP contribution in [0.2, 0.25) is 0 Å². The van der Waals surface area contributed by atoms with Crippen LogP contribution in [-0.4, -0.2) is 22.7 Å². The van der Waals surface area contributed by atoms with Crippen LogP contribution in [0.1, 0.15) is 24.2 Å². The highest BCUT2D eigenvalue weighted by atomic mass is 32.2. The fourth-order valence-corrected chi connectivity index (χ4v) is 2.88. The molecule has 0 aliphatic heterocycles. The molecule has 2 aromatic rings. The van der Waals surface area contributed by atoms with E-state index in [1.165, 1.54) is 0 Å². The molecule has 0 fully saturated rings. The summed E-state index contributed by atoms with van der Waals surface area (Å²) in [4.78, 5) is 22.4. The first-order chi connectivity index (χ1) is 11.1. The van der Waals surface area contributed by atoms with Crippen LogP contribution in [0.15, 0.2) is 47.1 Å². The highest BCUT2D eigenvalue weighted by molar-refractivity contribution is 7.98. The maximum Gasteiger partial charge on any atom is 0.304 e. The van der Waals surface area contributed by atoms with Gasteiger partial charge in [-0.2, -0.15) is 11.8 Å². The van der Waals surface area contributed by atoms with E-state index in [9.17, 15) is 9.59 Å². The number of rotatable bonds is 9. The van der Waals surface area contributed by atoms with Crippen molar-refractivity contribution in [3.63, 3.8) is 0 Å². The molecule has 1 aromatic carbocycles. The lowest BCUT2D eigenvalue weighted by Crippen LogP contribution is -2.12. The molecule has 0 bridgehead atoms. The third-order valence-corrected chi connectivity index (χ3v) is 4.15. The first-order valence-corrected chi connectivity index (χ1v) is 8.49. The van der Waals surface area contributed by atoms with Crippen LogP contribution in [0.4, 0.5) is 5.69 Å². The average molecular weight is 333 g/mol. The normalized spacial score (nSPS) is 10.4. The average Bonchev–Trinajstić information content (AvgIpc) is 3.03. The Labute approximate surface area is 139 Å². The summed E-state index contributed by atoms with van der Waals surface area (Å²) < 4.78 is 5.20. The Morgan fingerprint density at radius 1 is 1.17 bits per heavy atom. The molecule has 1 aromatic heterocycles. The standard InChI is InChI=1S/C17H19NO4S/c19-16(7-6-15-5-2-9-22-15)18-14-4-1-3-13(11-14)12-23-10-8-17(20)21/h1-5,9,11H,6-8,10,12H2,(H,18,19)(H,20,21). The molecule has 0 aliphatic carbocycles. The van der Waals surface area contributed by atoms with E-state index in [0.717, 1.165) is 22.8 Å². The maximum atomic E-state index is 11.9. The Morgan fingerprint density at radius 3 is 2.78 bits per heavy atom. The topological polar surface area (TPSA) is 79.5 Å². The van der Waals surface area contributed by atoms with Gasteiger partial charge in [0.1, 0.15) is 5.76 Å². The van der Waals surface area contributed by atoms with Gasteiger partial charge in [-0.25, -0.2) is 0 Å². The van der Waals surface area contributed by atoms with Crippen molar-refractivity contribution in [2.24, 2.45) is 0 Å². The van der Waals surface area contributed by atoms with Gasteiger partial charge in [0.2, 0.25) is 5.91 Å². The van der Waals surface area contributed by atoms with Crippen molar-refractivity contribution < 1.29 is 19.1 Å². The molecule has 6 heteroatoms. The number of anilines is 1. The van der Waals surface area contributed by atoms with Crippen molar-refractivity contribution in [3.8, 4) is 0 Å². The third-order valence-electron chi connectivity index (χ3n) is 3.12. The van der Waals surface area contributed by atoms with Gasteiger partial charge >= 0.3 is 5.97 Å². The summed E-state index contributed by atoms with van der Waals surface area (Å²) in [6, 6.07) is 11.3. The summed E-state index contributed by atoms with van der Waals surface area (Å²) in [6.07, 6.45) is 2.70. The van der Waals surface area contributed by atoms with Gasteiger partial charge in [-0.15, -0.1) is 0 Å². The predicted molar refractivity (Wildman–Crippen MR) is 90.5 cm³/mol. The van der Waals surface area contributed by atoms with Crippen molar-refractivity contribution >= 4 is 29.3 Å². The summed E-state index contributed by atoms with van der Waals surface area (Å²) in [5.41, 5.74) is 1.81. The highest BCUT2D eigenvalue weighted by Crippen LogP contribution is 2.17. The number of aliphatic carboxylic acids is 1. The Kier molecular flexibility index (Phi) is 6.75. The number of hydrogen-bond acceptors (Lipinski definition) is 4.